The summed E-state index contributed by atoms with van der Waals surface area (Å²) in [6, 6.07) is 12.1. The zero-order chi connectivity index (χ0) is 21.3. The van der Waals surface area contributed by atoms with E-state index in [1.165, 1.54) is 23.5 Å². The Kier molecular flexibility index (Phi) is 5.66. The average Bonchev–Trinajstić information content (AvgIpc) is 3.20. The van der Waals surface area contributed by atoms with Gasteiger partial charge in [-0.25, -0.2) is 13.4 Å². The normalized spacial score (nSPS) is 14.5. The van der Waals surface area contributed by atoms with Crippen LogP contribution in [0.4, 0.5) is 0 Å². The van der Waals surface area contributed by atoms with Crippen molar-refractivity contribution in [1.82, 2.24) is 9.88 Å². The number of carbonyl (C=O) groups is 1. The highest BCUT2D eigenvalue weighted by Crippen LogP contribution is 2.33. The van der Waals surface area contributed by atoms with Gasteiger partial charge >= 0.3 is 0 Å². The summed E-state index contributed by atoms with van der Waals surface area (Å²) >= 11 is 1.54. The number of rotatable bonds is 6. The Morgan fingerprint density at radius 1 is 1.17 bits per heavy atom. The maximum atomic E-state index is 12.7. The molecule has 1 amide bonds. The minimum Gasteiger partial charge on any atom is -0.486 e. The van der Waals surface area contributed by atoms with Crippen LogP contribution in [0, 0.1) is 0 Å². The molecule has 2 heterocycles. The number of carbonyl (C=O) groups excluding carboxylic acids is 1. The SMILES string of the molecule is C[C@H](c1nc2ccccc2s1)N(C)C(=O)CCS(=O)(=O)c1ccc2c(c1)OCCO2. The van der Waals surface area contributed by atoms with E-state index < -0.39 is 9.84 Å². The second kappa shape index (κ2) is 8.23. The van der Waals surface area contributed by atoms with Gasteiger partial charge in [0.05, 0.1) is 26.9 Å². The average molecular weight is 447 g/mol. The molecule has 1 atom stereocenters. The molecule has 3 aromatic rings. The standard InChI is InChI=1S/C21H22N2O5S2/c1-14(21-22-16-5-3-4-6-19(16)29-21)23(2)20(24)9-12-30(25,26)15-7-8-17-18(13-15)28-11-10-27-17/h3-8,13-14H,9-12H2,1-2H3/t14-/m1/s1. The number of fused-ring (bicyclic) bond motifs is 2. The van der Waals surface area contributed by atoms with Gasteiger partial charge in [0.2, 0.25) is 5.91 Å². The number of nitrogens with zero attached hydrogens (tertiary/aromatic N) is 2. The summed E-state index contributed by atoms with van der Waals surface area (Å²) in [7, 11) is -1.95. The molecule has 1 aromatic heterocycles. The lowest BCUT2D eigenvalue weighted by atomic mass is 10.3. The molecule has 4 rings (SSSR count). The van der Waals surface area contributed by atoms with Crippen molar-refractivity contribution < 1.29 is 22.7 Å². The van der Waals surface area contributed by atoms with Crippen LogP contribution >= 0.6 is 11.3 Å². The van der Waals surface area contributed by atoms with E-state index in [9.17, 15) is 13.2 Å². The molecule has 2 aromatic carbocycles. The molecule has 0 bridgehead atoms. The monoisotopic (exact) mass is 446 g/mol. The van der Waals surface area contributed by atoms with E-state index in [1.807, 2.05) is 31.2 Å². The molecule has 9 heteroatoms. The summed E-state index contributed by atoms with van der Waals surface area (Å²) in [6.45, 7) is 2.71. The Balaban J connectivity index is 1.42. The van der Waals surface area contributed by atoms with Crippen LogP contribution in [0.3, 0.4) is 0 Å². The minimum atomic E-state index is -3.63. The summed E-state index contributed by atoms with van der Waals surface area (Å²) in [4.78, 5) is 19.0. The van der Waals surface area contributed by atoms with Gasteiger partial charge in [-0.1, -0.05) is 12.1 Å². The summed E-state index contributed by atoms with van der Waals surface area (Å²) < 4.78 is 37.4. The fourth-order valence-corrected chi connectivity index (χ4v) is 5.49. The molecule has 7 nitrogen and oxygen atoms in total. The topological polar surface area (TPSA) is 85.8 Å². The van der Waals surface area contributed by atoms with Crippen molar-refractivity contribution in [3.63, 3.8) is 0 Å². The fourth-order valence-electron chi connectivity index (χ4n) is 3.18. The summed E-state index contributed by atoms with van der Waals surface area (Å²) in [5.41, 5.74) is 0.895. The number of thiazole rings is 1. The van der Waals surface area contributed by atoms with Crippen molar-refractivity contribution in [3.8, 4) is 11.5 Å². The van der Waals surface area contributed by atoms with Crippen LogP contribution in [-0.2, 0) is 14.6 Å². The number of hydrogen-bond acceptors (Lipinski definition) is 7. The third-order valence-corrected chi connectivity index (χ3v) is 8.02. The number of hydrogen-bond donors (Lipinski definition) is 0. The minimum absolute atomic E-state index is 0.109. The molecular weight excluding hydrogens is 424 g/mol. The van der Waals surface area contributed by atoms with E-state index >= 15 is 0 Å². The first-order valence-corrected chi connectivity index (χ1v) is 12.1. The third kappa shape index (κ3) is 4.13. The zero-order valence-corrected chi connectivity index (χ0v) is 18.3. The number of ether oxygens (including phenoxy) is 2. The van der Waals surface area contributed by atoms with Crippen LogP contribution in [0.15, 0.2) is 47.4 Å². The maximum absolute atomic E-state index is 12.7. The van der Waals surface area contributed by atoms with Crippen molar-refractivity contribution in [2.45, 2.75) is 24.3 Å². The smallest absolute Gasteiger partial charge is 0.223 e. The van der Waals surface area contributed by atoms with Gasteiger partial charge in [-0.05, 0) is 31.2 Å². The summed E-state index contributed by atoms with van der Waals surface area (Å²) in [6.07, 6.45) is -0.109. The first kappa shape index (κ1) is 20.6. The molecule has 1 aliphatic heterocycles. The van der Waals surface area contributed by atoms with Crippen LogP contribution in [0.2, 0.25) is 0 Å². The highest BCUT2D eigenvalue weighted by atomic mass is 32.2. The molecule has 0 saturated carbocycles. The largest absolute Gasteiger partial charge is 0.486 e. The molecule has 158 valence electrons. The Bertz CT molecular complexity index is 1160. The van der Waals surface area contributed by atoms with E-state index in [1.54, 1.807) is 18.0 Å². The molecule has 1 aliphatic rings. The Morgan fingerprint density at radius 2 is 1.90 bits per heavy atom. The van der Waals surface area contributed by atoms with E-state index in [0.717, 1.165) is 15.2 Å². The van der Waals surface area contributed by atoms with Gasteiger partial charge in [0.15, 0.2) is 21.3 Å². The predicted molar refractivity (Wildman–Crippen MR) is 115 cm³/mol. The lowest BCUT2D eigenvalue weighted by molar-refractivity contribution is -0.131. The molecule has 30 heavy (non-hydrogen) atoms. The van der Waals surface area contributed by atoms with Crippen LogP contribution < -0.4 is 9.47 Å². The number of aromatic nitrogens is 1. The second-order valence-electron chi connectivity index (χ2n) is 7.07. The summed E-state index contributed by atoms with van der Waals surface area (Å²) in [5.74, 6) is 0.418. The number of para-hydroxylation sites is 1. The Hall–Kier alpha value is -2.65. The number of sulfone groups is 1. The maximum Gasteiger partial charge on any atom is 0.223 e. The molecular formula is C21H22N2O5S2. The van der Waals surface area contributed by atoms with Crippen LogP contribution in [0.5, 0.6) is 11.5 Å². The van der Waals surface area contributed by atoms with Crippen LogP contribution in [-0.4, -0.2) is 50.2 Å². The van der Waals surface area contributed by atoms with E-state index in [4.69, 9.17) is 9.47 Å². The van der Waals surface area contributed by atoms with Gasteiger partial charge in [-0.2, -0.15) is 0 Å². The second-order valence-corrected chi connectivity index (χ2v) is 10.2. The molecule has 0 spiro atoms. The third-order valence-electron chi connectivity index (χ3n) is 5.10. The van der Waals surface area contributed by atoms with Crippen molar-refractivity contribution in [2.75, 3.05) is 26.0 Å². The lowest BCUT2D eigenvalue weighted by Crippen LogP contribution is -2.31. The van der Waals surface area contributed by atoms with Crippen molar-refractivity contribution in [3.05, 3.63) is 47.5 Å². The highest BCUT2D eigenvalue weighted by Gasteiger charge is 2.24. The van der Waals surface area contributed by atoms with Gasteiger partial charge in [-0.15, -0.1) is 11.3 Å². The predicted octanol–water partition coefficient (Wildman–Crippen LogP) is 3.45. The number of benzene rings is 2. The zero-order valence-electron chi connectivity index (χ0n) is 16.7. The number of amides is 1. The van der Waals surface area contributed by atoms with Gasteiger partial charge in [0, 0.05) is 19.5 Å². The molecule has 0 aliphatic carbocycles. The van der Waals surface area contributed by atoms with Gasteiger partial charge < -0.3 is 14.4 Å². The Labute approximate surface area is 179 Å². The molecule has 0 N–H and O–H groups in total. The van der Waals surface area contributed by atoms with Crippen molar-refractivity contribution in [2.24, 2.45) is 0 Å². The van der Waals surface area contributed by atoms with Gasteiger partial charge in [-0.3, -0.25) is 4.79 Å². The van der Waals surface area contributed by atoms with Crippen LogP contribution in [0.25, 0.3) is 10.2 Å². The molecule has 0 radical (unpaired) electrons. The van der Waals surface area contributed by atoms with E-state index in [-0.39, 0.29) is 29.0 Å². The van der Waals surface area contributed by atoms with Crippen LogP contribution in [0.1, 0.15) is 24.4 Å². The first-order chi connectivity index (χ1) is 14.3. The fraction of sp³-hybridized carbons (Fsp3) is 0.333. The quantitative estimate of drug-likeness (QED) is 0.577. The molecule has 0 unspecified atom stereocenters. The van der Waals surface area contributed by atoms with Gasteiger partial charge in [0.1, 0.15) is 18.2 Å². The first-order valence-electron chi connectivity index (χ1n) is 9.59. The van der Waals surface area contributed by atoms with E-state index in [2.05, 4.69) is 4.98 Å². The van der Waals surface area contributed by atoms with Crippen molar-refractivity contribution in [1.29, 1.82) is 0 Å². The van der Waals surface area contributed by atoms with Crippen molar-refractivity contribution >= 4 is 37.3 Å². The Morgan fingerprint density at radius 3 is 2.67 bits per heavy atom. The summed E-state index contributed by atoms with van der Waals surface area (Å²) in [5, 5.41) is 0.821. The molecule has 0 fully saturated rings. The highest BCUT2D eigenvalue weighted by molar-refractivity contribution is 7.91. The van der Waals surface area contributed by atoms with E-state index in [0.29, 0.717) is 24.7 Å². The molecule has 0 saturated heterocycles. The lowest BCUT2D eigenvalue weighted by Gasteiger charge is -2.23. The van der Waals surface area contributed by atoms with Gasteiger partial charge in [0.25, 0.3) is 0 Å².